The van der Waals surface area contributed by atoms with E-state index in [4.69, 9.17) is 11.6 Å². The van der Waals surface area contributed by atoms with Gasteiger partial charge in [-0.1, -0.05) is 38.8 Å². The van der Waals surface area contributed by atoms with E-state index in [1.54, 1.807) is 18.3 Å². The van der Waals surface area contributed by atoms with E-state index in [9.17, 15) is 4.39 Å². The zero-order valence-corrected chi connectivity index (χ0v) is 10.5. The van der Waals surface area contributed by atoms with E-state index in [-0.39, 0.29) is 5.02 Å². The van der Waals surface area contributed by atoms with Gasteiger partial charge in [-0.15, -0.1) is 5.10 Å². The first-order valence-corrected chi connectivity index (χ1v) is 6.14. The highest BCUT2D eigenvalue weighted by Gasteiger charge is 2.09. The number of alkyl halides is 1. The minimum absolute atomic E-state index is 0.0787. The van der Waals surface area contributed by atoms with Crippen LogP contribution in [0, 0.1) is 5.82 Å². The molecule has 1 aromatic carbocycles. The fraction of sp³-hybridized carbons (Fsp3) is 0.200. The van der Waals surface area contributed by atoms with E-state index in [0.717, 1.165) is 17.4 Å². The number of rotatable bonds is 3. The highest BCUT2D eigenvalue weighted by Crippen LogP contribution is 2.20. The molecule has 16 heavy (non-hydrogen) atoms. The van der Waals surface area contributed by atoms with Crippen LogP contribution in [-0.4, -0.2) is 20.3 Å². The minimum atomic E-state index is -0.487. The number of halogens is 3. The van der Waals surface area contributed by atoms with Gasteiger partial charge in [0.1, 0.15) is 5.69 Å². The predicted octanol–water partition coefficient (Wildman–Crippen LogP) is 3.00. The molecule has 0 unspecified atom stereocenters. The zero-order valence-electron chi connectivity index (χ0n) is 8.20. The maximum absolute atomic E-state index is 13.7. The maximum atomic E-state index is 13.7. The van der Waals surface area contributed by atoms with Gasteiger partial charge in [-0.25, -0.2) is 9.07 Å². The van der Waals surface area contributed by atoms with Crippen molar-refractivity contribution in [2.75, 3.05) is 5.33 Å². The molecule has 6 heteroatoms. The molecule has 0 spiro atoms. The molecule has 0 aliphatic carbocycles. The Morgan fingerprint density at radius 3 is 3.00 bits per heavy atom. The molecule has 0 aliphatic heterocycles. The molecule has 0 saturated heterocycles. The number of nitrogens with zero attached hydrogens (tertiary/aromatic N) is 3. The van der Waals surface area contributed by atoms with Crippen molar-refractivity contribution < 1.29 is 4.39 Å². The highest BCUT2D eigenvalue weighted by molar-refractivity contribution is 9.09. The van der Waals surface area contributed by atoms with E-state index >= 15 is 0 Å². The first-order valence-electron chi connectivity index (χ1n) is 4.64. The van der Waals surface area contributed by atoms with Gasteiger partial charge in [-0.05, 0) is 12.1 Å². The maximum Gasteiger partial charge on any atom is 0.167 e. The van der Waals surface area contributed by atoms with Crippen molar-refractivity contribution >= 4 is 27.5 Å². The van der Waals surface area contributed by atoms with Crippen LogP contribution in [-0.2, 0) is 6.42 Å². The van der Waals surface area contributed by atoms with Gasteiger partial charge >= 0.3 is 0 Å². The van der Waals surface area contributed by atoms with E-state index in [1.165, 1.54) is 10.7 Å². The molecule has 2 aromatic rings. The lowest BCUT2D eigenvalue weighted by atomic mass is 10.3. The van der Waals surface area contributed by atoms with Crippen LogP contribution in [0.2, 0.25) is 5.02 Å². The quantitative estimate of drug-likeness (QED) is 0.816. The molecule has 0 atom stereocenters. The predicted molar refractivity (Wildman–Crippen MR) is 63.8 cm³/mol. The molecule has 0 aliphatic rings. The van der Waals surface area contributed by atoms with Crippen molar-refractivity contribution in [2.45, 2.75) is 6.42 Å². The topological polar surface area (TPSA) is 30.7 Å². The van der Waals surface area contributed by atoms with Crippen molar-refractivity contribution in [1.29, 1.82) is 0 Å². The third-order valence-corrected chi connectivity index (χ3v) is 2.76. The van der Waals surface area contributed by atoms with Crippen LogP contribution in [0.1, 0.15) is 5.69 Å². The second-order valence-corrected chi connectivity index (χ2v) is 4.37. The molecule has 0 saturated carbocycles. The molecular formula is C10H8BrClFN3. The molecule has 0 radical (unpaired) electrons. The molecule has 1 aromatic heterocycles. The summed E-state index contributed by atoms with van der Waals surface area (Å²) in [6.07, 6.45) is 2.44. The van der Waals surface area contributed by atoms with E-state index in [0.29, 0.717) is 5.69 Å². The summed E-state index contributed by atoms with van der Waals surface area (Å²) in [5.41, 5.74) is 1.11. The van der Waals surface area contributed by atoms with Crippen LogP contribution < -0.4 is 0 Å². The SMILES string of the molecule is Fc1c(Cl)cccc1-n1cc(CCBr)nn1. The molecule has 0 bridgehead atoms. The summed E-state index contributed by atoms with van der Waals surface area (Å²) in [6, 6.07) is 4.77. The van der Waals surface area contributed by atoms with Crippen LogP contribution in [0.3, 0.4) is 0 Å². The fourth-order valence-corrected chi connectivity index (χ4v) is 1.87. The van der Waals surface area contributed by atoms with Crippen molar-refractivity contribution in [2.24, 2.45) is 0 Å². The Bertz CT molecular complexity index is 501. The molecule has 0 N–H and O–H groups in total. The first-order chi connectivity index (χ1) is 7.72. The smallest absolute Gasteiger partial charge is 0.167 e. The summed E-state index contributed by atoms with van der Waals surface area (Å²) in [5.74, 6) is -0.487. The average Bonchev–Trinajstić information content (AvgIpc) is 2.71. The molecule has 1 heterocycles. The Morgan fingerprint density at radius 2 is 2.25 bits per heavy atom. The summed E-state index contributed by atoms with van der Waals surface area (Å²) >= 11 is 8.99. The van der Waals surface area contributed by atoms with Gasteiger partial charge < -0.3 is 0 Å². The van der Waals surface area contributed by atoms with Gasteiger partial charge in [0.2, 0.25) is 0 Å². The second kappa shape index (κ2) is 4.93. The van der Waals surface area contributed by atoms with Crippen molar-refractivity contribution in [3.8, 4) is 5.69 Å². The van der Waals surface area contributed by atoms with Crippen molar-refractivity contribution in [1.82, 2.24) is 15.0 Å². The molecular weight excluding hydrogens is 296 g/mol. The Balaban J connectivity index is 2.39. The van der Waals surface area contributed by atoms with Gasteiger partial charge in [0.25, 0.3) is 0 Å². The zero-order chi connectivity index (χ0) is 11.5. The van der Waals surface area contributed by atoms with Crippen molar-refractivity contribution in [3.63, 3.8) is 0 Å². The third-order valence-electron chi connectivity index (χ3n) is 2.07. The number of benzene rings is 1. The average molecular weight is 305 g/mol. The summed E-state index contributed by atoms with van der Waals surface area (Å²) < 4.78 is 15.0. The fourth-order valence-electron chi connectivity index (χ4n) is 1.30. The summed E-state index contributed by atoms with van der Waals surface area (Å²) in [7, 11) is 0. The number of hydrogen-bond donors (Lipinski definition) is 0. The summed E-state index contributed by atoms with van der Waals surface area (Å²) in [6.45, 7) is 0. The Kier molecular flexibility index (Phi) is 3.56. The molecule has 84 valence electrons. The lowest BCUT2D eigenvalue weighted by Gasteiger charge is -2.02. The van der Waals surface area contributed by atoms with E-state index in [2.05, 4.69) is 26.2 Å². The van der Waals surface area contributed by atoms with Gasteiger partial charge in [0, 0.05) is 11.8 Å². The van der Waals surface area contributed by atoms with Gasteiger partial charge in [-0.2, -0.15) is 0 Å². The third kappa shape index (κ3) is 2.25. The number of hydrogen-bond acceptors (Lipinski definition) is 2. The number of aryl methyl sites for hydroxylation is 1. The van der Waals surface area contributed by atoms with Gasteiger partial charge in [0.15, 0.2) is 5.82 Å². The van der Waals surface area contributed by atoms with Crippen LogP contribution >= 0.6 is 27.5 Å². The minimum Gasteiger partial charge on any atom is -0.217 e. The second-order valence-electron chi connectivity index (χ2n) is 3.17. The molecule has 0 fully saturated rings. The first kappa shape index (κ1) is 11.5. The number of aromatic nitrogens is 3. The normalized spacial score (nSPS) is 10.7. The van der Waals surface area contributed by atoms with Gasteiger partial charge in [-0.3, -0.25) is 0 Å². The van der Waals surface area contributed by atoms with E-state index in [1.807, 2.05) is 0 Å². The van der Waals surface area contributed by atoms with E-state index < -0.39 is 5.82 Å². The lowest BCUT2D eigenvalue weighted by Crippen LogP contribution is -1.98. The van der Waals surface area contributed by atoms with Crippen LogP contribution in [0.4, 0.5) is 4.39 Å². The standard InChI is InChI=1S/C10H8BrClFN3/c11-5-4-7-6-16(15-14-7)9-3-1-2-8(12)10(9)13/h1-3,6H,4-5H2. The van der Waals surface area contributed by atoms with Crippen molar-refractivity contribution in [3.05, 3.63) is 40.9 Å². The Hall–Kier alpha value is -0.940. The lowest BCUT2D eigenvalue weighted by molar-refractivity contribution is 0.607. The largest absolute Gasteiger partial charge is 0.217 e. The Labute approximate surface area is 105 Å². The molecule has 2 rings (SSSR count). The summed E-state index contributed by atoms with van der Waals surface area (Å²) in [4.78, 5) is 0. The van der Waals surface area contributed by atoms with Crippen LogP contribution in [0.15, 0.2) is 24.4 Å². The summed E-state index contributed by atoms with van der Waals surface area (Å²) in [5, 5.41) is 8.65. The van der Waals surface area contributed by atoms with Gasteiger partial charge in [0.05, 0.1) is 16.9 Å². The van der Waals surface area contributed by atoms with Crippen LogP contribution in [0.25, 0.3) is 5.69 Å². The highest BCUT2D eigenvalue weighted by atomic mass is 79.9. The molecule has 0 amide bonds. The monoisotopic (exact) mass is 303 g/mol. The molecule has 3 nitrogen and oxygen atoms in total. The van der Waals surface area contributed by atoms with Crippen LogP contribution in [0.5, 0.6) is 0 Å². The Morgan fingerprint density at radius 1 is 1.44 bits per heavy atom.